The largest absolute Gasteiger partial charge is 0.320 e. The van der Waals surface area contributed by atoms with Crippen LogP contribution in [0.1, 0.15) is 17.2 Å². The van der Waals surface area contributed by atoms with Crippen LogP contribution >= 0.6 is 38.5 Å². The Labute approximate surface area is 144 Å². The minimum Gasteiger partial charge on any atom is -0.320 e. The van der Waals surface area contributed by atoms with Crippen LogP contribution in [0.5, 0.6) is 0 Å². The first-order chi connectivity index (χ1) is 10.1. The highest BCUT2D eigenvalue weighted by molar-refractivity contribution is 14.1. The van der Waals surface area contributed by atoms with Crippen LogP contribution in [0.3, 0.4) is 0 Å². The number of nitrogens with two attached hydrogens (primary N) is 1. The van der Waals surface area contributed by atoms with E-state index in [2.05, 4.69) is 38.5 Å². The Morgan fingerprint density at radius 3 is 2.43 bits per heavy atom. The van der Waals surface area contributed by atoms with E-state index in [1.807, 2.05) is 36.4 Å². The summed E-state index contributed by atoms with van der Waals surface area (Å²) in [6.45, 7) is 0. The number of fused-ring (bicyclic) bond motifs is 1. The molecule has 0 fully saturated rings. The minimum absolute atomic E-state index is 0.217. The molecule has 0 heterocycles. The normalized spacial score (nSPS) is 12.6. The van der Waals surface area contributed by atoms with Gasteiger partial charge in [0.2, 0.25) is 0 Å². The molecule has 0 saturated heterocycles. The molecular formula is C17H12BrFIN. The quantitative estimate of drug-likeness (QED) is 0.515. The van der Waals surface area contributed by atoms with Crippen LogP contribution in [0.4, 0.5) is 4.39 Å². The van der Waals surface area contributed by atoms with Crippen LogP contribution in [0.2, 0.25) is 0 Å². The van der Waals surface area contributed by atoms with Crippen molar-refractivity contribution in [1.29, 1.82) is 0 Å². The zero-order valence-electron chi connectivity index (χ0n) is 11.0. The molecule has 0 amide bonds. The van der Waals surface area contributed by atoms with Gasteiger partial charge < -0.3 is 5.73 Å². The second-order valence-corrected chi connectivity index (χ2v) is 6.90. The van der Waals surface area contributed by atoms with Gasteiger partial charge in [-0.05, 0) is 63.4 Å². The first-order valence-electron chi connectivity index (χ1n) is 6.45. The van der Waals surface area contributed by atoms with Crippen LogP contribution < -0.4 is 5.73 Å². The van der Waals surface area contributed by atoms with Crippen molar-refractivity contribution in [2.24, 2.45) is 5.73 Å². The predicted molar refractivity (Wildman–Crippen MR) is 96.8 cm³/mol. The fourth-order valence-electron chi connectivity index (χ4n) is 2.48. The molecule has 0 aliphatic carbocycles. The summed E-state index contributed by atoms with van der Waals surface area (Å²) in [5.41, 5.74) is 8.42. The summed E-state index contributed by atoms with van der Waals surface area (Å²) in [5, 5.41) is 1.47. The lowest BCUT2D eigenvalue weighted by molar-refractivity contribution is 0.639. The van der Waals surface area contributed by atoms with Gasteiger partial charge in [-0.25, -0.2) is 4.39 Å². The summed E-state index contributed by atoms with van der Waals surface area (Å²) in [6, 6.07) is 16.4. The second-order valence-electron chi connectivity index (χ2n) is 4.83. The van der Waals surface area contributed by atoms with Gasteiger partial charge in [-0.15, -0.1) is 0 Å². The SMILES string of the molecule is NC(c1cc(Br)ccc1I)c1ccc(F)c2ccccc12. The maximum absolute atomic E-state index is 13.9. The van der Waals surface area contributed by atoms with Crippen LogP contribution in [0.25, 0.3) is 10.8 Å². The summed E-state index contributed by atoms with van der Waals surface area (Å²) >= 11 is 5.75. The Balaban J connectivity index is 2.20. The molecule has 0 aliphatic heterocycles. The summed E-state index contributed by atoms with van der Waals surface area (Å²) in [4.78, 5) is 0. The number of hydrogen-bond acceptors (Lipinski definition) is 1. The van der Waals surface area contributed by atoms with Gasteiger partial charge in [-0.1, -0.05) is 46.3 Å². The third-order valence-electron chi connectivity index (χ3n) is 3.53. The molecule has 0 spiro atoms. The van der Waals surface area contributed by atoms with Crippen molar-refractivity contribution < 1.29 is 4.39 Å². The molecule has 0 saturated carbocycles. The summed E-state index contributed by atoms with van der Waals surface area (Å²) in [6.07, 6.45) is 0. The van der Waals surface area contributed by atoms with E-state index in [1.165, 1.54) is 6.07 Å². The molecule has 21 heavy (non-hydrogen) atoms. The Bertz CT molecular complexity index is 819. The van der Waals surface area contributed by atoms with Gasteiger partial charge in [0, 0.05) is 13.4 Å². The molecule has 3 rings (SSSR count). The van der Waals surface area contributed by atoms with Crippen molar-refractivity contribution in [1.82, 2.24) is 0 Å². The molecule has 1 atom stereocenters. The Hall–Kier alpha value is -0.980. The molecule has 1 nitrogen and oxygen atoms in total. The highest BCUT2D eigenvalue weighted by Gasteiger charge is 2.16. The van der Waals surface area contributed by atoms with E-state index >= 15 is 0 Å². The van der Waals surface area contributed by atoms with Crippen LogP contribution in [0, 0.1) is 9.39 Å². The molecule has 2 N–H and O–H groups in total. The van der Waals surface area contributed by atoms with E-state index in [0.717, 1.165) is 24.6 Å². The maximum Gasteiger partial charge on any atom is 0.131 e. The lowest BCUT2D eigenvalue weighted by Crippen LogP contribution is -2.14. The first kappa shape index (κ1) is 14.9. The van der Waals surface area contributed by atoms with Gasteiger partial charge in [-0.2, -0.15) is 0 Å². The van der Waals surface area contributed by atoms with Gasteiger partial charge in [0.05, 0.1) is 6.04 Å². The smallest absolute Gasteiger partial charge is 0.131 e. The highest BCUT2D eigenvalue weighted by Crippen LogP contribution is 2.32. The minimum atomic E-state index is -0.292. The monoisotopic (exact) mass is 455 g/mol. The van der Waals surface area contributed by atoms with Gasteiger partial charge in [0.15, 0.2) is 0 Å². The van der Waals surface area contributed by atoms with Crippen molar-refractivity contribution >= 4 is 49.3 Å². The lowest BCUT2D eigenvalue weighted by atomic mass is 9.94. The molecule has 0 aliphatic rings. The predicted octanol–water partition coefficient (Wildman–Crippen LogP) is 5.39. The fraction of sp³-hybridized carbons (Fsp3) is 0.0588. The number of benzene rings is 3. The highest BCUT2D eigenvalue weighted by atomic mass is 127. The maximum atomic E-state index is 13.9. The second kappa shape index (κ2) is 6.02. The zero-order chi connectivity index (χ0) is 15.0. The lowest BCUT2D eigenvalue weighted by Gasteiger charge is -2.17. The molecule has 4 heteroatoms. The Morgan fingerprint density at radius 2 is 1.67 bits per heavy atom. The van der Waals surface area contributed by atoms with Gasteiger partial charge in [-0.3, -0.25) is 0 Å². The van der Waals surface area contributed by atoms with Gasteiger partial charge in [0.25, 0.3) is 0 Å². The molecule has 3 aromatic rings. The topological polar surface area (TPSA) is 26.0 Å². The molecule has 106 valence electrons. The van der Waals surface area contributed by atoms with Crippen LogP contribution in [-0.4, -0.2) is 0 Å². The molecule has 0 radical (unpaired) electrons. The molecule has 0 bridgehead atoms. The van der Waals surface area contributed by atoms with E-state index < -0.39 is 0 Å². The average Bonchev–Trinajstić information content (AvgIpc) is 2.50. The van der Waals surface area contributed by atoms with Crippen LogP contribution in [0.15, 0.2) is 59.1 Å². The van der Waals surface area contributed by atoms with Crippen molar-refractivity contribution in [2.75, 3.05) is 0 Å². The average molecular weight is 456 g/mol. The zero-order valence-corrected chi connectivity index (χ0v) is 14.7. The van der Waals surface area contributed by atoms with E-state index in [-0.39, 0.29) is 11.9 Å². The van der Waals surface area contributed by atoms with E-state index in [9.17, 15) is 4.39 Å². The third kappa shape index (κ3) is 2.84. The molecule has 3 aromatic carbocycles. The summed E-state index contributed by atoms with van der Waals surface area (Å²) in [7, 11) is 0. The third-order valence-corrected chi connectivity index (χ3v) is 5.01. The number of hydrogen-bond donors (Lipinski definition) is 1. The summed E-state index contributed by atoms with van der Waals surface area (Å²) in [5.74, 6) is -0.217. The van der Waals surface area contributed by atoms with Crippen molar-refractivity contribution in [3.05, 3.63) is 79.6 Å². The van der Waals surface area contributed by atoms with Crippen molar-refractivity contribution in [2.45, 2.75) is 6.04 Å². The molecular weight excluding hydrogens is 444 g/mol. The van der Waals surface area contributed by atoms with Crippen molar-refractivity contribution in [3.63, 3.8) is 0 Å². The standard InChI is InChI=1S/C17H12BrFIN/c18-10-5-8-16(20)14(9-10)17(21)13-6-7-15(19)12-4-2-1-3-11(12)13/h1-9,17H,21H2. The molecule has 0 aromatic heterocycles. The van der Waals surface area contributed by atoms with Gasteiger partial charge in [0.1, 0.15) is 5.82 Å². The van der Waals surface area contributed by atoms with Gasteiger partial charge >= 0.3 is 0 Å². The Morgan fingerprint density at radius 1 is 0.952 bits per heavy atom. The van der Waals surface area contributed by atoms with Crippen LogP contribution in [-0.2, 0) is 0 Å². The first-order valence-corrected chi connectivity index (χ1v) is 8.33. The Kier molecular flexibility index (Phi) is 4.28. The summed E-state index contributed by atoms with van der Waals surface area (Å²) < 4.78 is 16.0. The fourth-order valence-corrected chi connectivity index (χ4v) is 3.53. The molecule has 1 unspecified atom stereocenters. The number of halogens is 3. The van der Waals surface area contributed by atoms with E-state index in [4.69, 9.17) is 5.73 Å². The van der Waals surface area contributed by atoms with E-state index in [1.54, 1.807) is 12.1 Å². The number of rotatable bonds is 2. The van der Waals surface area contributed by atoms with E-state index in [0.29, 0.717) is 5.39 Å². The van der Waals surface area contributed by atoms with Crippen molar-refractivity contribution in [3.8, 4) is 0 Å².